The average Bonchev–Trinajstić information content (AvgIpc) is 2.86. The predicted molar refractivity (Wildman–Crippen MR) is 79.7 cm³/mol. The van der Waals surface area contributed by atoms with Gasteiger partial charge < -0.3 is 10.1 Å². The molecule has 7 nitrogen and oxygen atoms in total. The Morgan fingerprint density at radius 3 is 2.82 bits per heavy atom. The zero-order valence-corrected chi connectivity index (χ0v) is 12.8. The molecule has 0 fully saturated rings. The number of rotatable bonds is 6. The number of methoxy groups -OCH3 is 1. The number of nitrogens with one attached hydrogen (secondary N) is 1. The summed E-state index contributed by atoms with van der Waals surface area (Å²) in [6, 6.07) is 7.41. The molecule has 1 amide bonds. The Kier molecular flexibility index (Phi) is 4.98. The molecule has 0 aliphatic heterocycles. The molecule has 2 aromatic rings. The molecule has 2 rings (SSSR count). The maximum Gasteiger partial charge on any atom is 0.442 e. The summed E-state index contributed by atoms with van der Waals surface area (Å²) in [5.74, 6) is 0.230. The quantitative estimate of drug-likeness (QED) is 0.869. The van der Waals surface area contributed by atoms with Gasteiger partial charge in [0.25, 0.3) is 0 Å². The zero-order valence-electron chi connectivity index (χ0n) is 12.8. The summed E-state index contributed by atoms with van der Waals surface area (Å²) in [6.45, 7) is 3.95. The fraction of sp³-hybridized carbons (Fsp3) is 0.400. The third-order valence-electron chi connectivity index (χ3n) is 3.20. The molecule has 0 saturated carbocycles. The molecular weight excluding hydrogens is 286 g/mol. The third kappa shape index (κ3) is 3.55. The van der Waals surface area contributed by atoms with Gasteiger partial charge >= 0.3 is 5.76 Å². The van der Waals surface area contributed by atoms with Crippen LogP contribution in [0.15, 0.2) is 33.6 Å². The van der Waals surface area contributed by atoms with E-state index in [4.69, 9.17) is 4.74 Å². The first-order valence-electron chi connectivity index (χ1n) is 6.98. The molecule has 1 aromatic carbocycles. The van der Waals surface area contributed by atoms with Crippen molar-refractivity contribution in [3.63, 3.8) is 0 Å². The molecule has 1 N–H and O–H groups in total. The van der Waals surface area contributed by atoms with Gasteiger partial charge in [0.05, 0.1) is 7.11 Å². The van der Waals surface area contributed by atoms with Crippen LogP contribution in [0.4, 0.5) is 0 Å². The van der Waals surface area contributed by atoms with Gasteiger partial charge in [0.15, 0.2) is 5.82 Å². The van der Waals surface area contributed by atoms with E-state index in [1.165, 1.54) is 4.57 Å². The highest BCUT2D eigenvalue weighted by atomic mass is 16.5. The summed E-state index contributed by atoms with van der Waals surface area (Å²) in [6.07, 6.45) is 0. The lowest BCUT2D eigenvalue weighted by Crippen LogP contribution is -2.31. The maximum absolute atomic E-state index is 12.0. The summed E-state index contributed by atoms with van der Waals surface area (Å²) in [5, 5.41) is 6.45. The van der Waals surface area contributed by atoms with Gasteiger partial charge in [-0.25, -0.2) is 4.79 Å². The maximum atomic E-state index is 12.0. The number of nitrogens with zero attached hydrogens (tertiary/aromatic N) is 2. The lowest BCUT2D eigenvalue weighted by molar-refractivity contribution is -0.121. The van der Waals surface area contributed by atoms with Crippen molar-refractivity contribution < 1.29 is 14.1 Å². The van der Waals surface area contributed by atoms with Crippen molar-refractivity contribution in [3.8, 4) is 5.75 Å². The molecule has 0 radical (unpaired) electrons. The fourth-order valence-corrected chi connectivity index (χ4v) is 2.08. The van der Waals surface area contributed by atoms with Crippen molar-refractivity contribution in [2.24, 2.45) is 0 Å². The van der Waals surface area contributed by atoms with E-state index in [0.717, 1.165) is 5.56 Å². The molecule has 0 aliphatic carbocycles. The minimum absolute atomic E-state index is 0.00605. The number of carbonyl (C=O) groups is 1. The largest absolute Gasteiger partial charge is 0.496 e. The first kappa shape index (κ1) is 15.8. The van der Waals surface area contributed by atoms with Crippen molar-refractivity contribution in [2.45, 2.75) is 32.9 Å². The van der Waals surface area contributed by atoms with Crippen LogP contribution in [0.25, 0.3) is 0 Å². The molecule has 7 heteroatoms. The molecule has 1 aromatic heterocycles. The van der Waals surface area contributed by atoms with Gasteiger partial charge in [-0.1, -0.05) is 37.2 Å². The van der Waals surface area contributed by atoms with Gasteiger partial charge in [0.1, 0.15) is 12.3 Å². The summed E-state index contributed by atoms with van der Waals surface area (Å²) in [7, 11) is 1.58. The first-order valence-corrected chi connectivity index (χ1v) is 6.98. The van der Waals surface area contributed by atoms with E-state index >= 15 is 0 Å². The highest BCUT2D eigenvalue weighted by Crippen LogP contribution is 2.16. The fourth-order valence-electron chi connectivity index (χ4n) is 2.08. The number of hydrogen-bond acceptors (Lipinski definition) is 5. The van der Waals surface area contributed by atoms with Gasteiger partial charge in [-0.05, 0) is 6.07 Å². The van der Waals surface area contributed by atoms with E-state index < -0.39 is 5.76 Å². The Morgan fingerprint density at radius 1 is 1.41 bits per heavy atom. The number of carbonyl (C=O) groups excluding carboxylic acids is 1. The molecule has 0 atom stereocenters. The number of aromatic nitrogens is 2. The van der Waals surface area contributed by atoms with Gasteiger partial charge in [-0.15, -0.1) is 0 Å². The van der Waals surface area contributed by atoms with E-state index in [1.807, 2.05) is 38.1 Å². The Morgan fingerprint density at radius 2 is 2.14 bits per heavy atom. The van der Waals surface area contributed by atoms with Crippen LogP contribution in [0.5, 0.6) is 5.75 Å². The highest BCUT2D eigenvalue weighted by molar-refractivity contribution is 5.75. The van der Waals surface area contributed by atoms with Gasteiger partial charge in [0, 0.05) is 18.0 Å². The number of amides is 1. The highest BCUT2D eigenvalue weighted by Gasteiger charge is 2.16. The van der Waals surface area contributed by atoms with E-state index in [2.05, 4.69) is 15.0 Å². The standard InChI is InChI=1S/C15H19N3O4/c1-10(2)14-17-22-15(20)18(14)9-13(19)16-8-11-6-4-5-7-12(11)21-3/h4-7,10H,8-9H2,1-3H3,(H,16,19). The monoisotopic (exact) mass is 305 g/mol. The number of benzene rings is 1. The van der Waals surface area contributed by atoms with Crippen molar-refractivity contribution in [2.75, 3.05) is 7.11 Å². The number of ether oxygens (including phenoxy) is 1. The van der Waals surface area contributed by atoms with Crippen LogP contribution in [0.1, 0.15) is 31.2 Å². The predicted octanol–water partition coefficient (Wildman–Crippen LogP) is 1.28. The second kappa shape index (κ2) is 6.93. The molecule has 0 spiro atoms. The summed E-state index contributed by atoms with van der Waals surface area (Å²) in [5.41, 5.74) is 0.861. The molecule has 22 heavy (non-hydrogen) atoms. The Hall–Kier alpha value is -2.57. The van der Waals surface area contributed by atoms with Crippen molar-refractivity contribution in [1.29, 1.82) is 0 Å². The smallest absolute Gasteiger partial charge is 0.442 e. The normalized spacial score (nSPS) is 10.7. The van der Waals surface area contributed by atoms with Crippen LogP contribution in [-0.4, -0.2) is 22.7 Å². The summed E-state index contributed by atoms with van der Waals surface area (Å²) in [4.78, 5) is 23.6. The van der Waals surface area contributed by atoms with E-state index in [1.54, 1.807) is 7.11 Å². The van der Waals surface area contributed by atoms with Crippen LogP contribution in [0.3, 0.4) is 0 Å². The second-order valence-corrected chi connectivity index (χ2v) is 5.14. The van der Waals surface area contributed by atoms with E-state index in [9.17, 15) is 9.59 Å². The molecule has 118 valence electrons. The van der Waals surface area contributed by atoms with E-state index in [-0.39, 0.29) is 18.4 Å². The molecule has 0 unspecified atom stereocenters. The zero-order chi connectivity index (χ0) is 16.1. The molecular formula is C15H19N3O4. The lowest BCUT2D eigenvalue weighted by Gasteiger charge is -2.10. The SMILES string of the molecule is COc1ccccc1CNC(=O)Cn1c(C(C)C)noc1=O. The van der Waals surface area contributed by atoms with Crippen LogP contribution < -0.4 is 15.8 Å². The second-order valence-electron chi connectivity index (χ2n) is 5.14. The first-order chi connectivity index (χ1) is 10.5. The van der Waals surface area contributed by atoms with Crippen LogP contribution >= 0.6 is 0 Å². The van der Waals surface area contributed by atoms with Gasteiger partial charge in [-0.2, -0.15) is 0 Å². The molecule has 0 saturated heterocycles. The Balaban J connectivity index is 2.02. The van der Waals surface area contributed by atoms with Crippen molar-refractivity contribution in [3.05, 3.63) is 46.2 Å². The van der Waals surface area contributed by atoms with E-state index in [0.29, 0.717) is 18.1 Å². The Labute approximate surface area is 127 Å². The molecule has 0 bridgehead atoms. The Bertz CT molecular complexity index is 703. The average molecular weight is 305 g/mol. The summed E-state index contributed by atoms with van der Waals surface area (Å²) < 4.78 is 11.1. The summed E-state index contributed by atoms with van der Waals surface area (Å²) >= 11 is 0. The molecule has 0 aliphatic rings. The van der Waals surface area contributed by atoms with Crippen LogP contribution in [0, 0.1) is 0 Å². The van der Waals surface area contributed by atoms with Gasteiger partial charge in [0.2, 0.25) is 5.91 Å². The number of hydrogen-bond donors (Lipinski definition) is 1. The third-order valence-corrected chi connectivity index (χ3v) is 3.20. The van der Waals surface area contributed by atoms with Gasteiger partial charge in [-0.3, -0.25) is 13.9 Å². The van der Waals surface area contributed by atoms with Crippen molar-refractivity contribution in [1.82, 2.24) is 15.0 Å². The molecule has 1 heterocycles. The van der Waals surface area contributed by atoms with Crippen LogP contribution in [0.2, 0.25) is 0 Å². The number of para-hydroxylation sites is 1. The minimum Gasteiger partial charge on any atom is -0.496 e. The topological polar surface area (TPSA) is 86.4 Å². The van der Waals surface area contributed by atoms with Crippen molar-refractivity contribution >= 4 is 5.91 Å². The minimum atomic E-state index is -0.629. The lowest BCUT2D eigenvalue weighted by atomic mass is 10.2. The van der Waals surface area contributed by atoms with Crippen LogP contribution in [-0.2, 0) is 17.9 Å².